The Hall–Kier alpha value is -2.30. The molecule has 0 radical (unpaired) electrons. The molecule has 2 fully saturated rings. The van der Waals surface area contributed by atoms with E-state index in [2.05, 4.69) is 16.0 Å². The summed E-state index contributed by atoms with van der Waals surface area (Å²) in [6, 6.07) is 7.48. The first-order valence-electron chi connectivity index (χ1n) is 13.5. The van der Waals surface area contributed by atoms with Crippen molar-refractivity contribution in [3.05, 3.63) is 35.9 Å². The van der Waals surface area contributed by atoms with E-state index < -0.39 is 35.5 Å². The standard InChI is InChI=1S/C28H43N3O6S/c1-6-19(2)23(31-26(34)37-27(3,4)5)25(33)29-21(17-20-11-8-7-9-12-20)24(32)30-22-18-38-16-13-28(22)35-14-10-15-36-28/h7-9,11-12,19,21-23H,6,10,13-18H2,1-5H3,(H,29,33)(H,30,32)(H,31,34)/t19-,21+,22+,23-/m1/s1. The molecule has 0 aliphatic carbocycles. The summed E-state index contributed by atoms with van der Waals surface area (Å²) in [5.74, 6) is -0.203. The molecule has 1 aromatic rings. The summed E-state index contributed by atoms with van der Waals surface area (Å²) in [6.45, 7) is 10.3. The number of ether oxygens (including phenoxy) is 3. The first kappa shape index (κ1) is 30.2. The van der Waals surface area contributed by atoms with E-state index in [0.29, 0.717) is 38.2 Å². The topological polar surface area (TPSA) is 115 Å². The third-order valence-electron chi connectivity index (χ3n) is 6.79. The quantitative estimate of drug-likeness (QED) is 0.432. The summed E-state index contributed by atoms with van der Waals surface area (Å²) in [5.41, 5.74) is 0.207. The van der Waals surface area contributed by atoms with Gasteiger partial charge in [0.1, 0.15) is 17.7 Å². The maximum absolute atomic E-state index is 13.7. The Morgan fingerprint density at radius 2 is 1.79 bits per heavy atom. The zero-order chi connectivity index (χ0) is 27.8. The van der Waals surface area contributed by atoms with Crippen LogP contribution in [0.15, 0.2) is 30.3 Å². The molecule has 10 heteroatoms. The molecule has 2 aliphatic heterocycles. The number of hydrogen-bond acceptors (Lipinski definition) is 7. The van der Waals surface area contributed by atoms with Gasteiger partial charge in [-0.15, -0.1) is 0 Å². The number of nitrogens with one attached hydrogen (secondary N) is 3. The molecule has 0 aromatic heterocycles. The summed E-state index contributed by atoms with van der Waals surface area (Å²) in [4.78, 5) is 39.7. The zero-order valence-electron chi connectivity index (χ0n) is 23.2. The highest BCUT2D eigenvalue weighted by Gasteiger charge is 2.46. The minimum absolute atomic E-state index is 0.176. The van der Waals surface area contributed by atoms with Gasteiger partial charge in [-0.3, -0.25) is 9.59 Å². The summed E-state index contributed by atoms with van der Waals surface area (Å²) in [5, 5.41) is 8.75. The highest BCUT2D eigenvalue weighted by Crippen LogP contribution is 2.34. The summed E-state index contributed by atoms with van der Waals surface area (Å²) in [6.07, 6.45) is 1.79. The van der Waals surface area contributed by atoms with E-state index >= 15 is 0 Å². The maximum atomic E-state index is 13.7. The fourth-order valence-electron chi connectivity index (χ4n) is 4.53. The number of rotatable bonds is 9. The van der Waals surface area contributed by atoms with Gasteiger partial charge in [-0.2, -0.15) is 11.8 Å². The predicted octanol–water partition coefficient (Wildman–Crippen LogP) is 3.41. The lowest BCUT2D eigenvalue weighted by molar-refractivity contribution is -0.280. The SMILES string of the molecule is CC[C@@H](C)[C@@H](NC(=O)OC(C)(C)C)C(=O)N[C@@H](Cc1ccccc1)C(=O)N[C@H]1CSCCC12OCCCO2. The predicted molar refractivity (Wildman–Crippen MR) is 148 cm³/mol. The fraction of sp³-hybridized carbons (Fsp3) is 0.679. The van der Waals surface area contributed by atoms with Gasteiger partial charge in [0, 0.05) is 18.6 Å². The highest BCUT2D eigenvalue weighted by atomic mass is 32.2. The van der Waals surface area contributed by atoms with Crippen LogP contribution in [0.2, 0.25) is 0 Å². The van der Waals surface area contributed by atoms with E-state index in [1.807, 2.05) is 44.2 Å². The second-order valence-electron chi connectivity index (χ2n) is 11.0. The Labute approximate surface area is 230 Å². The van der Waals surface area contributed by atoms with Crippen LogP contribution in [0.4, 0.5) is 4.79 Å². The number of hydrogen-bond donors (Lipinski definition) is 3. The molecule has 38 heavy (non-hydrogen) atoms. The molecule has 2 heterocycles. The zero-order valence-corrected chi connectivity index (χ0v) is 24.0. The van der Waals surface area contributed by atoms with Crippen molar-refractivity contribution >= 4 is 29.7 Å². The molecule has 0 saturated carbocycles. The average Bonchev–Trinajstić information content (AvgIpc) is 2.88. The number of carbonyl (C=O) groups excluding carboxylic acids is 3. The van der Waals surface area contributed by atoms with Gasteiger partial charge in [-0.1, -0.05) is 50.6 Å². The summed E-state index contributed by atoms with van der Waals surface area (Å²) in [7, 11) is 0. The van der Waals surface area contributed by atoms with E-state index in [0.717, 1.165) is 17.7 Å². The van der Waals surface area contributed by atoms with Crippen LogP contribution in [0.25, 0.3) is 0 Å². The van der Waals surface area contributed by atoms with Crippen LogP contribution < -0.4 is 16.0 Å². The van der Waals surface area contributed by atoms with E-state index in [4.69, 9.17) is 14.2 Å². The van der Waals surface area contributed by atoms with Gasteiger partial charge in [0.2, 0.25) is 11.8 Å². The summed E-state index contributed by atoms with van der Waals surface area (Å²) >= 11 is 1.74. The van der Waals surface area contributed by atoms with Gasteiger partial charge in [0.25, 0.3) is 0 Å². The molecule has 3 rings (SSSR count). The van der Waals surface area contributed by atoms with Crippen LogP contribution in [-0.2, 0) is 30.2 Å². The minimum Gasteiger partial charge on any atom is -0.444 e. The number of carbonyl (C=O) groups is 3. The van der Waals surface area contributed by atoms with Crippen molar-refractivity contribution < 1.29 is 28.6 Å². The molecule has 212 valence electrons. The van der Waals surface area contributed by atoms with Crippen LogP contribution >= 0.6 is 11.8 Å². The third-order valence-corrected chi connectivity index (χ3v) is 7.85. The second-order valence-corrected chi connectivity index (χ2v) is 12.2. The van der Waals surface area contributed by atoms with E-state index in [1.165, 1.54) is 0 Å². The van der Waals surface area contributed by atoms with Crippen LogP contribution in [-0.4, -0.2) is 72.1 Å². The Bertz CT molecular complexity index is 924. The van der Waals surface area contributed by atoms with Crippen molar-refractivity contribution in [3.63, 3.8) is 0 Å². The Balaban J connectivity index is 1.78. The Morgan fingerprint density at radius 3 is 2.42 bits per heavy atom. The first-order valence-corrected chi connectivity index (χ1v) is 14.7. The molecule has 2 aliphatic rings. The van der Waals surface area contributed by atoms with Crippen molar-refractivity contribution in [2.75, 3.05) is 24.7 Å². The fourth-order valence-corrected chi connectivity index (χ4v) is 5.70. The van der Waals surface area contributed by atoms with Gasteiger partial charge in [0.05, 0.1) is 19.3 Å². The smallest absolute Gasteiger partial charge is 0.408 e. The lowest BCUT2D eigenvalue weighted by atomic mass is 9.97. The molecule has 0 unspecified atom stereocenters. The number of alkyl carbamates (subject to hydrolysis) is 1. The van der Waals surface area contributed by atoms with E-state index in [1.54, 1.807) is 32.5 Å². The van der Waals surface area contributed by atoms with Crippen LogP contribution in [0, 0.1) is 5.92 Å². The van der Waals surface area contributed by atoms with Gasteiger partial charge in [-0.05, 0) is 44.4 Å². The average molecular weight is 550 g/mol. The number of benzene rings is 1. The molecule has 3 N–H and O–H groups in total. The molecule has 4 atom stereocenters. The monoisotopic (exact) mass is 549 g/mol. The van der Waals surface area contributed by atoms with Gasteiger partial charge in [0.15, 0.2) is 5.79 Å². The number of amides is 3. The Morgan fingerprint density at radius 1 is 1.11 bits per heavy atom. The normalized spacial score (nSPS) is 21.6. The third kappa shape index (κ3) is 8.61. The second kappa shape index (κ2) is 13.7. The van der Waals surface area contributed by atoms with Gasteiger partial charge in [-0.25, -0.2) is 4.79 Å². The molecule has 1 aromatic carbocycles. The highest BCUT2D eigenvalue weighted by molar-refractivity contribution is 7.99. The first-order chi connectivity index (χ1) is 18.0. The Kier molecular flexibility index (Phi) is 10.9. The summed E-state index contributed by atoms with van der Waals surface area (Å²) < 4.78 is 17.5. The van der Waals surface area contributed by atoms with Crippen molar-refractivity contribution in [1.29, 1.82) is 0 Å². The van der Waals surface area contributed by atoms with Crippen molar-refractivity contribution in [3.8, 4) is 0 Å². The van der Waals surface area contributed by atoms with Crippen LogP contribution in [0.1, 0.15) is 59.4 Å². The number of thioether (sulfide) groups is 1. The molecule has 0 bridgehead atoms. The van der Waals surface area contributed by atoms with Gasteiger partial charge < -0.3 is 30.2 Å². The largest absolute Gasteiger partial charge is 0.444 e. The van der Waals surface area contributed by atoms with Crippen LogP contribution in [0.5, 0.6) is 0 Å². The van der Waals surface area contributed by atoms with E-state index in [9.17, 15) is 14.4 Å². The lowest BCUT2D eigenvalue weighted by Crippen LogP contribution is -2.64. The van der Waals surface area contributed by atoms with E-state index in [-0.39, 0.29) is 17.9 Å². The van der Waals surface area contributed by atoms with Crippen molar-refractivity contribution in [1.82, 2.24) is 16.0 Å². The van der Waals surface area contributed by atoms with Crippen molar-refractivity contribution in [2.24, 2.45) is 5.92 Å². The maximum Gasteiger partial charge on any atom is 0.408 e. The molecular formula is C28H43N3O6S. The van der Waals surface area contributed by atoms with Crippen molar-refractivity contribution in [2.45, 2.75) is 89.8 Å². The van der Waals surface area contributed by atoms with Crippen LogP contribution in [0.3, 0.4) is 0 Å². The lowest BCUT2D eigenvalue weighted by Gasteiger charge is -2.45. The van der Waals surface area contributed by atoms with Gasteiger partial charge >= 0.3 is 6.09 Å². The molecule has 3 amide bonds. The molecule has 1 spiro atoms. The molecule has 2 saturated heterocycles. The minimum atomic E-state index is -0.859. The molecular weight excluding hydrogens is 506 g/mol. The molecule has 9 nitrogen and oxygen atoms in total.